The SMILES string of the molecule is CC(C)c1cnn2c([As]Cc3ccc(F)c(NC(=O)C4CCNC4)c3)nc(NC3CCOCC3)nc12. The predicted octanol–water partition coefficient (Wildman–Crippen LogP) is 2.06. The molecule has 3 N–H and O–H groups in total. The molecule has 5 rings (SSSR count). The van der Waals surface area contributed by atoms with E-state index in [0.717, 1.165) is 60.4 Å². The number of anilines is 2. The molecule has 0 bridgehead atoms. The van der Waals surface area contributed by atoms with Crippen LogP contribution in [0, 0.1) is 11.7 Å². The Morgan fingerprint density at radius 1 is 1.28 bits per heavy atom. The van der Waals surface area contributed by atoms with Gasteiger partial charge in [0.2, 0.25) is 0 Å². The molecule has 1 radical (unpaired) electrons. The Morgan fingerprint density at radius 2 is 2.11 bits per heavy atom. The molecule has 2 aliphatic rings. The van der Waals surface area contributed by atoms with Crippen LogP contribution in [0.15, 0.2) is 24.4 Å². The van der Waals surface area contributed by atoms with Crippen molar-refractivity contribution < 1.29 is 13.9 Å². The number of halogens is 1. The molecule has 4 heterocycles. The summed E-state index contributed by atoms with van der Waals surface area (Å²) < 4.78 is 22.7. The molecule has 0 saturated carbocycles. The van der Waals surface area contributed by atoms with E-state index in [4.69, 9.17) is 14.7 Å². The summed E-state index contributed by atoms with van der Waals surface area (Å²) in [6.45, 7) is 7.19. The van der Waals surface area contributed by atoms with Crippen LogP contribution < -0.4 is 20.6 Å². The van der Waals surface area contributed by atoms with E-state index >= 15 is 0 Å². The summed E-state index contributed by atoms with van der Waals surface area (Å²) in [4.78, 5) is 22.2. The third kappa shape index (κ3) is 5.71. The Labute approximate surface area is 216 Å². The normalized spacial score (nSPS) is 19.1. The van der Waals surface area contributed by atoms with Crippen LogP contribution in [-0.2, 0) is 14.7 Å². The molecule has 3 aromatic rings. The molecule has 1 atom stereocenters. The summed E-state index contributed by atoms with van der Waals surface area (Å²) in [5.74, 6) is 0.235. The summed E-state index contributed by atoms with van der Waals surface area (Å²) in [5, 5.41) is 14.8. The third-order valence-electron chi connectivity index (χ3n) is 6.68. The van der Waals surface area contributed by atoms with Crippen molar-refractivity contribution in [1.82, 2.24) is 24.9 Å². The molecule has 191 valence electrons. The summed E-state index contributed by atoms with van der Waals surface area (Å²) in [6.07, 6.45) is 4.50. The molecule has 36 heavy (non-hydrogen) atoms. The standard InChI is InChI=1S/C25H32AsFN7O2/c1-15(2)19-14-29-34-22(19)32-25(30-18-6-9-36-10-7-18)33-24(34)26-12-16-3-4-20(27)21(11-16)31-23(35)17-5-8-28-13-17/h3-4,11,14-15,17-18,28H,5-10,12-13H2,1-2H3,(H,30,32)(H,31,35). The Hall–Kier alpha value is -2.55. The van der Waals surface area contributed by atoms with E-state index in [1.54, 1.807) is 12.1 Å². The number of aromatic nitrogens is 4. The van der Waals surface area contributed by atoms with Gasteiger partial charge in [0.25, 0.3) is 0 Å². The second kappa shape index (κ2) is 11.2. The number of ether oxygens (including phenoxy) is 1. The molecule has 1 aromatic carbocycles. The predicted molar refractivity (Wildman–Crippen MR) is 137 cm³/mol. The summed E-state index contributed by atoms with van der Waals surface area (Å²) in [5.41, 5.74) is 3.11. The maximum absolute atomic E-state index is 14.5. The van der Waals surface area contributed by atoms with Crippen LogP contribution in [0.1, 0.15) is 50.2 Å². The number of nitrogens with zero attached hydrogens (tertiary/aromatic N) is 4. The van der Waals surface area contributed by atoms with Gasteiger partial charge in [-0.05, 0) is 0 Å². The van der Waals surface area contributed by atoms with Crippen LogP contribution in [0.2, 0.25) is 0 Å². The fourth-order valence-electron chi connectivity index (χ4n) is 4.52. The van der Waals surface area contributed by atoms with Gasteiger partial charge in [0.05, 0.1) is 0 Å². The molecule has 0 aliphatic carbocycles. The van der Waals surface area contributed by atoms with Crippen LogP contribution >= 0.6 is 0 Å². The summed E-state index contributed by atoms with van der Waals surface area (Å²) >= 11 is -0.438. The zero-order valence-electron chi connectivity index (χ0n) is 20.6. The van der Waals surface area contributed by atoms with Gasteiger partial charge in [-0.2, -0.15) is 0 Å². The number of rotatable bonds is 8. The number of hydrogen-bond acceptors (Lipinski definition) is 7. The number of carbonyl (C=O) groups is 1. The first kappa shape index (κ1) is 25.1. The molecular weight excluding hydrogens is 524 g/mol. The number of hydrogen-bond donors (Lipinski definition) is 3. The molecule has 11 heteroatoms. The van der Waals surface area contributed by atoms with Crippen LogP contribution in [0.25, 0.3) is 5.65 Å². The Morgan fingerprint density at radius 3 is 2.86 bits per heavy atom. The minimum absolute atomic E-state index is 0.120. The molecule has 2 saturated heterocycles. The van der Waals surface area contributed by atoms with E-state index in [0.29, 0.717) is 17.7 Å². The second-order valence-electron chi connectivity index (χ2n) is 9.68. The van der Waals surface area contributed by atoms with Gasteiger partial charge in [0.15, 0.2) is 0 Å². The average Bonchev–Trinajstić information content (AvgIpc) is 3.55. The first-order valence-corrected chi connectivity index (χ1v) is 14.8. The van der Waals surface area contributed by atoms with Crippen molar-refractivity contribution in [2.75, 3.05) is 36.9 Å². The fourth-order valence-corrected chi connectivity index (χ4v) is 6.55. The first-order chi connectivity index (χ1) is 17.5. The fraction of sp³-hybridized carbons (Fsp3) is 0.520. The molecule has 2 fully saturated rings. The maximum atomic E-state index is 14.5. The summed E-state index contributed by atoms with van der Waals surface area (Å²) in [6, 6.07) is 5.24. The van der Waals surface area contributed by atoms with Crippen molar-refractivity contribution in [1.29, 1.82) is 0 Å². The van der Waals surface area contributed by atoms with E-state index in [9.17, 15) is 9.18 Å². The number of nitrogens with one attached hydrogen (secondary N) is 3. The molecule has 2 aromatic heterocycles. The summed E-state index contributed by atoms with van der Waals surface area (Å²) in [7, 11) is 0. The van der Waals surface area contributed by atoms with Crippen molar-refractivity contribution in [2.24, 2.45) is 5.92 Å². The van der Waals surface area contributed by atoms with Crippen molar-refractivity contribution >= 4 is 43.6 Å². The van der Waals surface area contributed by atoms with Gasteiger partial charge in [-0.25, -0.2) is 0 Å². The van der Waals surface area contributed by atoms with Crippen molar-refractivity contribution in [3.8, 4) is 0 Å². The number of fused-ring (bicyclic) bond motifs is 1. The van der Waals surface area contributed by atoms with Gasteiger partial charge in [-0.3, -0.25) is 0 Å². The molecule has 9 nitrogen and oxygen atoms in total. The van der Waals surface area contributed by atoms with Crippen molar-refractivity contribution in [2.45, 2.75) is 50.3 Å². The van der Waals surface area contributed by atoms with E-state index in [2.05, 4.69) is 34.9 Å². The second-order valence-corrected chi connectivity index (χ2v) is 11.8. The van der Waals surface area contributed by atoms with Crippen LogP contribution in [0.4, 0.5) is 16.0 Å². The molecule has 2 aliphatic heterocycles. The van der Waals surface area contributed by atoms with Gasteiger partial charge in [0.1, 0.15) is 0 Å². The number of carbonyl (C=O) groups excluding carboxylic acids is 1. The van der Waals surface area contributed by atoms with Crippen LogP contribution in [-0.4, -0.2) is 73.6 Å². The zero-order chi connectivity index (χ0) is 25.1. The Balaban J connectivity index is 1.36. The average molecular weight is 556 g/mol. The number of benzene rings is 1. The van der Waals surface area contributed by atoms with Gasteiger partial charge in [0, 0.05) is 0 Å². The van der Waals surface area contributed by atoms with Gasteiger partial charge in [-0.15, -0.1) is 0 Å². The monoisotopic (exact) mass is 556 g/mol. The zero-order valence-corrected chi connectivity index (χ0v) is 22.5. The van der Waals surface area contributed by atoms with E-state index in [1.807, 2.05) is 10.7 Å². The quantitative estimate of drug-likeness (QED) is 0.365. The van der Waals surface area contributed by atoms with E-state index < -0.39 is 21.6 Å². The molecule has 0 spiro atoms. The van der Waals surface area contributed by atoms with Gasteiger partial charge < -0.3 is 0 Å². The molecule has 1 amide bonds. The Bertz CT molecular complexity index is 1220. The van der Waals surface area contributed by atoms with Gasteiger partial charge in [-0.1, -0.05) is 0 Å². The van der Waals surface area contributed by atoms with Crippen molar-refractivity contribution in [3.05, 3.63) is 41.3 Å². The van der Waals surface area contributed by atoms with Gasteiger partial charge >= 0.3 is 217 Å². The van der Waals surface area contributed by atoms with E-state index in [-0.39, 0.29) is 29.5 Å². The number of amides is 1. The van der Waals surface area contributed by atoms with E-state index in [1.165, 1.54) is 6.07 Å². The Kier molecular flexibility index (Phi) is 7.84. The van der Waals surface area contributed by atoms with Crippen molar-refractivity contribution in [3.63, 3.8) is 0 Å². The minimum atomic E-state index is -0.438. The molecule has 1 unspecified atom stereocenters. The molecular formula is C25H32AsFN7O2. The third-order valence-corrected chi connectivity index (χ3v) is 8.98. The topological polar surface area (TPSA) is 105 Å². The first-order valence-electron chi connectivity index (χ1n) is 12.6. The van der Waals surface area contributed by atoms with Crippen LogP contribution in [0.3, 0.4) is 0 Å². The van der Waals surface area contributed by atoms with Crippen LogP contribution in [0.5, 0.6) is 0 Å².